The fourth-order valence-electron chi connectivity index (χ4n) is 3.92. The molecule has 138 valence electrons. The average Bonchev–Trinajstić information content (AvgIpc) is 3.25. The number of hydrogen-bond acceptors (Lipinski definition) is 4. The lowest BCUT2D eigenvalue weighted by Gasteiger charge is -2.29. The van der Waals surface area contributed by atoms with Gasteiger partial charge in [0.15, 0.2) is 0 Å². The summed E-state index contributed by atoms with van der Waals surface area (Å²) >= 11 is 0. The Morgan fingerprint density at radius 3 is 2.64 bits per heavy atom. The van der Waals surface area contributed by atoms with Gasteiger partial charge in [-0.05, 0) is 38.7 Å². The number of carbonyl (C=O) groups is 1. The topological polar surface area (TPSA) is 68.7 Å². The summed E-state index contributed by atoms with van der Waals surface area (Å²) in [5.74, 6) is 0.995. The number of nitrogens with one attached hydrogen (secondary N) is 1. The minimum atomic E-state index is -0.710. The third-order valence-corrected chi connectivity index (χ3v) is 5.34. The maximum atomic E-state index is 12.4. The molecular formula is C19H30N4O2. The molecule has 2 heterocycles. The molecule has 2 N–H and O–H groups in total. The van der Waals surface area contributed by atoms with Crippen molar-refractivity contribution in [3.63, 3.8) is 0 Å². The van der Waals surface area contributed by atoms with Gasteiger partial charge in [0.05, 0.1) is 12.1 Å². The summed E-state index contributed by atoms with van der Waals surface area (Å²) in [7, 11) is 1.75. The summed E-state index contributed by atoms with van der Waals surface area (Å²) in [5, 5.41) is 13.5. The molecule has 0 unspecified atom stereocenters. The number of amides is 2. The van der Waals surface area contributed by atoms with Gasteiger partial charge in [0, 0.05) is 37.9 Å². The summed E-state index contributed by atoms with van der Waals surface area (Å²) in [4.78, 5) is 21.0. The van der Waals surface area contributed by atoms with Crippen LogP contribution in [0.25, 0.3) is 0 Å². The zero-order valence-electron chi connectivity index (χ0n) is 15.4. The maximum absolute atomic E-state index is 12.4. The molecule has 3 rings (SSSR count). The minimum absolute atomic E-state index is 0.145. The van der Waals surface area contributed by atoms with Crippen molar-refractivity contribution in [2.45, 2.75) is 57.6 Å². The first-order valence-corrected chi connectivity index (χ1v) is 9.40. The van der Waals surface area contributed by atoms with E-state index in [1.807, 2.05) is 13.0 Å². The zero-order chi connectivity index (χ0) is 17.9. The predicted molar refractivity (Wildman–Crippen MR) is 98.7 cm³/mol. The molecule has 25 heavy (non-hydrogen) atoms. The highest BCUT2D eigenvalue weighted by atomic mass is 16.3. The number of urea groups is 1. The quantitative estimate of drug-likeness (QED) is 0.859. The molecule has 0 atom stereocenters. The molecule has 2 aliphatic rings. The number of likely N-dealkylation sites (N-methyl/N-ethyl adjacent to an activating group) is 1. The first kappa shape index (κ1) is 18.0. The summed E-state index contributed by atoms with van der Waals surface area (Å²) in [6.45, 7) is 4.91. The van der Waals surface area contributed by atoms with Gasteiger partial charge in [0.2, 0.25) is 0 Å². The SMILES string of the molecule is Cc1ccc(CNC(=O)N(C)CC2(O)CCCC2)c(N2CCCC2)n1. The van der Waals surface area contributed by atoms with Crippen LogP contribution in [-0.2, 0) is 6.54 Å². The molecule has 2 fully saturated rings. The Morgan fingerprint density at radius 1 is 1.28 bits per heavy atom. The van der Waals surface area contributed by atoms with E-state index in [9.17, 15) is 9.90 Å². The fraction of sp³-hybridized carbons (Fsp3) is 0.684. The van der Waals surface area contributed by atoms with Crippen molar-refractivity contribution in [3.05, 3.63) is 23.4 Å². The molecule has 0 radical (unpaired) electrons. The van der Waals surface area contributed by atoms with E-state index in [4.69, 9.17) is 4.98 Å². The number of aromatic nitrogens is 1. The Hall–Kier alpha value is -1.82. The van der Waals surface area contributed by atoms with Gasteiger partial charge in [-0.3, -0.25) is 0 Å². The number of aliphatic hydroxyl groups is 1. The fourth-order valence-corrected chi connectivity index (χ4v) is 3.92. The van der Waals surface area contributed by atoms with E-state index in [0.29, 0.717) is 13.1 Å². The Kier molecular flexibility index (Phi) is 5.47. The van der Waals surface area contributed by atoms with Crippen LogP contribution in [0.15, 0.2) is 12.1 Å². The van der Waals surface area contributed by atoms with Crippen LogP contribution in [0, 0.1) is 6.92 Å². The first-order valence-electron chi connectivity index (χ1n) is 9.40. The van der Waals surface area contributed by atoms with Gasteiger partial charge in [-0.1, -0.05) is 18.9 Å². The Morgan fingerprint density at radius 2 is 1.96 bits per heavy atom. The highest BCUT2D eigenvalue weighted by Crippen LogP contribution is 2.30. The molecule has 0 bridgehead atoms. The molecule has 1 saturated carbocycles. The summed E-state index contributed by atoms with van der Waals surface area (Å²) in [6, 6.07) is 3.90. The molecule has 1 aromatic rings. The number of aryl methyl sites for hydroxylation is 1. The highest BCUT2D eigenvalue weighted by Gasteiger charge is 2.33. The molecule has 1 aliphatic heterocycles. The average molecular weight is 346 g/mol. The number of rotatable bonds is 5. The molecule has 6 nitrogen and oxygen atoms in total. The molecule has 1 aromatic heterocycles. The maximum Gasteiger partial charge on any atom is 0.317 e. The lowest BCUT2D eigenvalue weighted by atomic mass is 10.0. The van der Waals surface area contributed by atoms with Gasteiger partial charge in [0.25, 0.3) is 0 Å². The van der Waals surface area contributed by atoms with Crippen LogP contribution >= 0.6 is 0 Å². The van der Waals surface area contributed by atoms with Crippen LogP contribution in [0.2, 0.25) is 0 Å². The van der Waals surface area contributed by atoms with E-state index in [0.717, 1.165) is 55.8 Å². The van der Waals surface area contributed by atoms with Crippen molar-refractivity contribution >= 4 is 11.8 Å². The van der Waals surface area contributed by atoms with Crippen LogP contribution in [0.4, 0.5) is 10.6 Å². The normalized spacial score (nSPS) is 19.2. The number of anilines is 1. The third kappa shape index (κ3) is 4.42. The van der Waals surface area contributed by atoms with Crippen molar-refractivity contribution in [1.82, 2.24) is 15.2 Å². The van der Waals surface area contributed by atoms with Gasteiger partial charge in [-0.25, -0.2) is 9.78 Å². The smallest absolute Gasteiger partial charge is 0.317 e. The van der Waals surface area contributed by atoms with Crippen LogP contribution in [0.5, 0.6) is 0 Å². The van der Waals surface area contributed by atoms with Crippen molar-refractivity contribution in [1.29, 1.82) is 0 Å². The highest BCUT2D eigenvalue weighted by molar-refractivity contribution is 5.74. The Balaban J connectivity index is 1.60. The van der Waals surface area contributed by atoms with Crippen molar-refractivity contribution < 1.29 is 9.90 Å². The molecular weight excluding hydrogens is 316 g/mol. The third-order valence-electron chi connectivity index (χ3n) is 5.34. The van der Waals surface area contributed by atoms with Crippen LogP contribution in [-0.4, -0.2) is 53.3 Å². The summed E-state index contributed by atoms with van der Waals surface area (Å²) < 4.78 is 0. The van der Waals surface area contributed by atoms with Gasteiger partial charge in [-0.15, -0.1) is 0 Å². The molecule has 2 amide bonds. The van der Waals surface area contributed by atoms with Gasteiger partial charge >= 0.3 is 6.03 Å². The van der Waals surface area contributed by atoms with Crippen molar-refractivity contribution in [3.8, 4) is 0 Å². The minimum Gasteiger partial charge on any atom is -0.388 e. The second-order valence-electron chi connectivity index (χ2n) is 7.58. The molecule has 1 saturated heterocycles. The van der Waals surface area contributed by atoms with E-state index in [1.165, 1.54) is 12.8 Å². The summed E-state index contributed by atoms with van der Waals surface area (Å²) in [6.07, 6.45) is 6.04. The van der Waals surface area contributed by atoms with Crippen molar-refractivity contribution in [2.75, 3.05) is 31.6 Å². The largest absolute Gasteiger partial charge is 0.388 e. The first-order chi connectivity index (χ1) is 12.0. The van der Waals surface area contributed by atoms with Gasteiger partial charge in [0.1, 0.15) is 5.82 Å². The van der Waals surface area contributed by atoms with Crippen LogP contribution in [0.3, 0.4) is 0 Å². The molecule has 1 aliphatic carbocycles. The van der Waals surface area contributed by atoms with Gasteiger partial charge < -0.3 is 20.2 Å². The lowest BCUT2D eigenvalue weighted by Crippen LogP contribution is -2.46. The Labute approximate surface area is 150 Å². The molecule has 0 aromatic carbocycles. The predicted octanol–water partition coefficient (Wildman–Crippen LogP) is 2.44. The lowest BCUT2D eigenvalue weighted by molar-refractivity contribution is 0.0247. The van der Waals surface area contributed by atoms with E-state index in [1.54, 1.807) is 11.9 Å². The van der Waals surface area contributed by atoms with Crippen molar-refractivity contribution in [2.24, 2.45) is 0 Å². The number of nitrogens with zero attached hydrogens (tertiary/aromatic N) is 3. The van der Waals surface area contributed by atoms with E-state index >= 15 is 0 Å². The standard InChI is InChI=1S/C19H30N4O2/c1-15-7-8-16(17(21-15)23-11-5-6-12-23)13-20-18(24)22(2)14-19(25)9-3-4-10-19/h7-8,25H,3-6,9-14H2,1-2H3,(H,20,24). The van der Waals surface area contributed by atoms with E-state index in [-0.39, 0.29) is 6.03 Å². The van der Waals surface area contributed by atoms with E-state index < -0.39 is 5.60 Å². The van der Waals surface area contributed by atoms with E-state index in [2.05, 4.69) is 16.3 Å². The zero-order valence-corrected chi connectivity index (χ0v) is 15.4. The second-order valence-corrected chi connectivity index (χ2v) is 7.58. The van der Waals surface area contributed by atoms with Crippen LogP contribution < -0.4 is 10.2 Å². The Bertz CT molecular complexity index is 607. The van der Waals surface area contributed by atoms with Gasteiger partial charge in [-0.2, -0.15) is 0 Å². The molecule has 0 spiro atoms. The monoisotopic (exact) mass is 346 g/mol. The number of pyridine rings is 1. The van der Waals surface area contributed by atoms with Crippen LogP contribution in [0.1, 0.15) is 49.8 Å². The summed E-state index contributed by atoms with van der Waals surface area (Å²) in [5.41, 5.74) is 1.34. The second kappa shape index (κ2) is 7.60. The molecule has 6 heteroatoms. The number of carbonyl (C=O) groups excluding carboxylic acids is 1. The number of hydrogen-bond donors (Lipinski definition) is 2.